The predicted molar refractivity (Wildman–Crippen MR) is 151 cm³/mol. The molecule has 0 atom stereocenters. The molecule has 0 aliphatic heterocycles. The van der Waals surface area contributed by atoms with Crippen LogP contribution >= 0.6 is 0 Å². The molecule has 0 amide bonds. The maximum Gasteiger partial charge on any atom is 0.131 e. The number of rotatable bonds is 5. The van der Waals surface area contributed by atoms with Gasteiger partial charge < -0.3 is 0 Å². The van der Waals surface area contributed by atoms with E-state index in [2.05, 4.69) is 42.5 Å². The van der Waals surface area contributed by atoms with E-state index in [1.165, 1.54) is 11.6 Å². The highest BCUT2D eigenvalue weighted by Gasteiger charge is 2.12. The molecule has 6 aromatic rings. The van der Waals surface area contributed by atoms with Crippen molar-refractivity contribution in [3.8, 4) is 55.9 Å². The number of aromatic nitrogens is 1. The lowest BCUT2D eigenvalue weighted by Crippen LogP contribution is -1.92. The molecule has 6 rings (SSSR count). The number of nitrogens with zero attached hydrogens (tertiary/aromatic N) is 1. The zero-order valence-corrected chi connectivity index (χ0v) is 20.5. The van der Waals surface area contributed by atoms with Gasteiger partial charge in [0.05, 0.1) is 11.4 Å². The predicted octanol–water partition coefficient (Wildman–Crippen LogP) is 9.69. The Balaban J connectivity index is 1.46. The van der Waals surface area contributed by atoms with Gasteiger partial charge in [0.25, 0.3) is 0 Å². The van der Waals surface area contributed by atoms with Crippen LogP contribution in [0, 0.1) is 11.6 Å². The maximum atomic E-state index is 14.5. The first-order chi connectivity index (χ1) is 18.6. The quantitative estimate of drug-likeness (QED) is 0.232. The van der Waals surface area contributed by atoms with Gasteiger partial charge in [-0.25, -0.2) is 13.8 Å². The summed E-state index contributed by atoms with van der Waals surface area (Å²) in [5, 5.41) is 0. The summed E-state index contributed by atoms with van der Waals surface area (Å²) in [5.41, 5.74) is 8.66. The van der Waals surface area contributed by atoms with Gasteiger partial charge in [-0.1, -0.05) is 103 Å². The molecular weight excluding hydrogens is 472 g/mol. The van der Waals surface area contributed by atoms with Crippen molar-refractivity contribution in [2.45, 2.75) is 0 Å². The maximum absolute atomic E-state index is 14.5. The number of hydrogen-bond acceptors (Lipinski definition) is 1. The number of hydrogen-bond donors (Lipinski definition) is 0. The first-order valence-electron chi connectivity index (χ1n) is 12.4. The summed E-state index contributed by atoms with van der Waals surface area (Å²) in [7, 11) is 0. The second-order valence-electron chi connectivity index (χ2n) is 9.14. The van der Waals surface area contributed by atoms with Crippen molar-refractivity contribution >= 4 is 0 Å². The van der Waals surface area contributed by atoms with Gasteiger partial charge in [0.1, 0.15) is 11.6 Å². The molecule has 0 fully saturated rings. The molecule has 0 spiro atoms. The van der Waals surface area contributed by atoms with Gasteiger partial charge >= 0.3 is 0 Å². The van der Waals surface area contributed by atoms with Crippen LogP contribution in [0.2, 0.25) is 0 Å². The molecule has 0 aliphatic carbocycles. The highest BCUT2D eigenvalue weighted by Crippen LogP contribution is 2.33. The minimum atomic E-state index is -0.475. The third-order valence-electron chi connectivity index (χ3n) is 6.62. The van der Waals surface area contributed by atoms with Crippen LogP contribution < -0.4 is 0 Å². The molecule has 0 bridgehead atoms. The third kappa shape index (κ3) is 4.87. The van der Waals surface area contributed by atoms with Crippen LogP contribution in [0.15, 0.2) is 140 Å². The summed E-state index contributed by atoms with van der Waals surface area (Å²) in [6.07, 6.45) is 0. The van der Waals surface area contributed by atoms with Gasteiger partial charge in [-0.3, -0.25) is 0 Å². The molecule has 1 aromatic heterocycles. The van der Waals surface area contributed by atoms with Crippen molar-refractivity contribution in [2.75, 3.05) is 0 Å². The second kappa shape index (κ2) is 10.2. The van der Waals surface area contributed by atoms with E-state index in [1.807, 2.05) is 72.8 Å². The van der Waals surface area contributed by atoms with Crippen molar-refractivity contribution < 1.29 is 8.78 Å². The van der Waals surface area contributed by atoms with Gasteiger partial charge in [0.2, 0.25) is 0 Å². The van der Waals surface area contributed by atoms with Crippen LogP contribution in [0.4, 0.5) is 8.78 Å². The van der Waals surface area contributed by atoms with Crippen LogP contribution in [-0.4, -0.2) is 4.98 Å². The van der Waals surface area contributed by atoms with E-state index in [4.69, 9.17) is 4.98 Å². The molecule has 1 nitrogen and oxygen atoms in total. The van der Waals surface area contributed by atoms with Gasteiger partial charge in [-0.05, 0) is 64.2 Å². The fourth-order valence-corrected chi connectivity index (χ4v) is 4.65. The van der Waals surface area contributed by atoms with E-state index in [1.54, 1.807) is 6.07 Å². The van der Waals surface area contributed by atoms with Gasteiger partial charge in [-0.2, -0.15) is 0 Å². The molecule has 1 heterocycles. The molecule has 0 N–H and O–H groups in total. The standard InChI is InChI=1S/C35H23F2N/c36-31-18-19-33(37)32(23-31)28-12-7-13-29(20-28)35-22-30(21-34(38-35)27-10-5-2-6-11-27)26-16-14-25(15-17-26)24-8-3-1-4-9-24/h1-23H. The fourth-order valence-electron chi connectivity index (χ4n) is 4.65. The van der Waals surface area contributed by atoms with E-state index in [-0.39, 0.29) is 5.56 Å². The zero-order valence-electron chi connectivity index (χ0n) is 20.5. The Morgan fingerprint density at radius 2 is 0.895 bits per heavy atom. The summed E-state index contributed by atoms with van der Waals surface area (Å²) in [4.78, 5) is 4.97. The smallest absolute Gasteiger partial charge is 0.131 e. The van der Waals surface area contributed by atoms with Crippen molar-refractivity contribution in [3.63, 3.8) is 0 Å². The Kier molecular flexibility index (Phi) is 6.33. The second-order valence-corrected chi connectivity index (χ2v) is 9.14. The van der Waals surface area contributed by atoms with Crippen LogP contribution in [0.3, 0.4) is 0 Å². The van der Waals surface area contributed by atoms with Crippen molar-refractivity contribution in [1.29, 1.82) is 0 Å². The summed E-state index contributed by atoms with van der Waals surface area (Å²) >= 11 is 0. The zero-order chi connectivity index (χ0) is 25.9. The average molecular weight is 496 g/mol. The Labute approximate surface area is 220 Å². The van der Waals surface area contributed by atoms with Crippen LogP contribution in [-0.2, 0) is 0 Å². The van der Waals surface area contributed by atoms with Crippen LogP contribution in [0.1, 0.15) is 0 Å². The van der Waals surface area contributed by atoms with E-state index >= 15 is 0 Å². The molecular formula is C35H23F2N. The summed E-state index contributed by atoms with van der Waals surface area (Å²) < 4.78 is 28.4. The summed E-state index contributed by atoms with van der Waals surface area (Å²) in [6, 6.07) is 43.9. The van der Waals surface area contributed by atoms with Crippen LogP contribution in [0.5, 0.6) is 0 Å². The molecule has 0 saturated carbocycles. The first-order valence-corrected chi connectivity index (χ1v) is 12.4. The lowest BCUT2D eigenvalue weighted by molar-refractivity contribution is 0.603. The largest absolute Gasteiger partial charge is 0.248 e. The summed E-state index contributed by atoms with van der Waals surface area (Å²) in [5.74, 6) is -0.939. The van der Waals surface area contributed by atoms with Crippen molar-refractivity contribution in [2.24, 2.45) is 0 Å². The lowest BCUT2D eigenvalue weighted by atomic mass is 9.96. The first kappa shape index (κ1) is 23.5. The Hall–Kier alpha value is -4.89. The molecule has 0 unspecified atom stereocenters. The third-order valence-corrected chi connectivity index (χ3v) is 6.62. The minimum absolute atomic E-state index is 0.225. The van der Waals surface area contributed by atoms with Crippen molar-refractivity contribution in [1.82, 2.24) is 4.98 Å². The number of benzene rings is 5. The molecule has 3 heteroatoms. The molecule has 0 saturated heterocycles. The number of pyridine rings is 1. The molecule has 0 aliphatic rings. The monoisotopic (exact) mass is 495 g/mol. The van der Waals surface area contributed by atoms with Crippen molar-refractivity contribution in [3.05, 3.63) is 151 Å². The Morgan fingerprint density at radius 3 is 1.58 bits per heavy atom. The topological polar surface area (TPSA) is 12.9 Å². The van der Waals surface area contributed by atoms with E-state index < -0.39 is 11.6 Å². The van der Waals surface area contributed by atoms with E-state index in [0.29, 0.717) is 5.56 Å². The lowest BCUT2D eigenvalue weighted by Gasteiger charge is -2.12. The Morgan fingerprint density at radius 1 is 0.368 bits per heavy atom. The highest BCUT2D eigenvalue weighted by atomic mass is 19.1. The van der Waals surface area contributed by atoms with E-state index in [0.717, 1.165) is 51.3 Å². The average Bonchev–Trinajstić information content (AvgIpc) is 2.99. The SMILES string of the molecule is Fc1ccc(F)c(-c2cccc(-c3cc(-c4ccc(-c5ccccc5)cc4)cc(-c4ccccc4)n3)c2)c1. The van der Waals surface area contributed by atoms with Crippen LogP contribution in [0.25, 0.3) is 55.9 Å². The van der Waals surface area contributed by atoms with Gasteiger partial charge in [0, 0.05) is 16.7 Å². The molecule has 38 heavy (non-hydrogen) atoms. The summed E-state index contributed by atoms with van der Waals surface area (Å²) in [6.45, 7) is 0. The fraction of sp³-hybridized carbons (Fsp3) is 0. The minimum Gasteiger partial charge on any atom is -0.248 e. The number of halogens is 2. The van der Waals surface area contributed by atoms with E-state index in [9.17, 15) is 8.78 Å². The van der Waals surface area contributed by atoms with Gasteiger partial charge in [-0.15, -0.1) is 0 Å². The normalized spacial score (nSPS) is 10.9. The Bertz CT molecular complexity index is 1710. The molecule has 182 valence electrons. The molecule has 0 radical (unpaired) electrons. The molecule has 5 aromatic carbocycles. The highest BCUT2D eigenvalue weighted by molar-refractivity contribution is 5.79. The van der Waals surface area contributed by atoms with Gasteiger partial charge in [0.15, 0.2) is 0 Å².